The fraction of sp³-hybridized carbons (Fsp3) is 0.556. The zero-order chi connectivity index (χ0) is 34.3. The number of esters is 1. The Bertz CT molecular complexity index is 1560. The van der Waals surface area contributed by atoms with Gasteiger partial charge in [0.2, 0.25) is 0 Å². The third-order valence-electron chi connectivity index (χ3n) is 10.4. The highest BCUT2D eigenvalue weighted by Gasteiger charge is 2.53. The molecule has 0 atom stereocenters. The van der Waals surface area contributed by atoms with E-state index in [2.05, 4.69) is 0 Å². The number of halogens is 3. The largest absolute Gasteiger partial charge is 0.491 e. The molecule has 256 valence electrons. The SMILES string of the molecule is CC1(C)C(=O)N(c2ccc(C#N)c(C(F)(F)F)c2)C(=O)N1Cc1ccc(OCCOCCOC(=O)CC23CC4CC(CC(C4)C2)C3)cc1. The number of alkyl halides is 3. The fourth-order valence-electron chi connectivity index (χ4n) is 8.60. The second kappa shape index (κ2) is 13.1. The first-order valence-electron chi connectivity index (χ1n) is 16.5. The second-order valence-corrected chi connectivity index (χ2v) is 14.3. The van der Waals surface area contributed by atoms with Gasteiger partial charge in [-0.2, -0.15) is 18.4 Å². The number of amides is 3. The summed E-state index contributed by atoms with van der Waals surface area (Å²) in [6.07, 6.45) is 3.23. The van der Waals surface area contributed by atoms with Crippen molar-refractivity contribution in [1.82, 2.24) is 4.90 Å². The van der Waals surface area contributed by atoms with Gasteiger partial charge in [0.1, 0.15) is 24.5 Å². The average Bonchev–Trinajstić information content (AvgIpc) is 3.18. The summed E-state index contributed by atoms with van der Waals surface area (Å²) in [6.45, 7) is 4.15. The van der Waals surface area contributed by atoms with Crippen LogP contribution in [0.2, 0.25) is 0 Å². The molecule has 1 heterocycles. The van der Waals surface area contributed by atoms with Gasteiger partial charge in [0.25, 0.3) is 5.91 Å². The lowest BCUT2D eigenvalue weighted by Gasteiger charge is -2.56. The molecule has 4 aliphatic carbocycles. The van der Waals surface area contributed by atoms with E-state index in [0.29, 0.717) is 30.4 Å². The molecule has 0 unspecified atom stereocenters. The number of nitriles is 1. The summed E-state index contributed by atoms with van der Waals surface area (Å²) in [5.74, 6) is 2.14. The number of urea groups is 1. The number of imide groups is 1. The van der Waals surface area contributed by atoms with Crippen molar-refractivity contribution in [1.29, 1.82) is 5.26 Å². The molecule has 5 aliphatic rings. The molecule has 2 aromatic carbocycles. The molecule has 2 aromatic rings. The van der Waals surface area contributed by atoms with Crippen LogP contribution >= 0.6 is 0 Å². The highest BCUT2D eigenvalue weighted by atomic mass is 19.4. The highest BCUT2D eigenvalue weighted by molar-refractivity contribution is 6.23. The van der Waals surface area contributed by atoms with E-state index in [4.69, 9.17) is 19.5 Å². The van der Waals surface area contributed by atoms with Gasteiger partial charge in [-0.05, 0) is 111 Å². The molecule has 1 saturated heterocycles. The summed E-state index contributed by atoms with van der Waals surface area (Å²) in [4.78, 5) is 41.2. The predicted molar refractivity (Wildman–Crippen MR) is 168 cm³/mol. The molecule has 4 saturated carbocycles. The number of benzene rings is 2. The van der Waals surface area contributed by atoms with E-state index in [0.717, 1.165) is 34.8 Å². The van der Waals surface area contributed by atoms with Crippen LogP contribution in [-0.4, -0.2) is 54.8 Å². The van der Waals surface area contributed by atoms with Crippen LogP contribution < -0.4 is 9.64 Å². The molecule has 12 heteroatoms. The van der Waals surface area contributed by atoms with E-state index < -0.39 is 34.8 Å². The Morgan fingerprint density at radius 2 is 1.56 bits per heavy atom. The van der Waals surface area contributed by atoms with Crippen molar-refractivity contribution in [2.45, 2.75) is 77.1 Å². The van der Waals surface area contributed by atoms with Gasteiger partial charge in [-0.15, -0.1) is 0 Å². The standard InChI is InChI=1S/C36H40F3N3O6/c1-34(2)32(44)42(28-6-5-27(21-40)30(16-28)36(37,38)39)33(45)41(34)22-23-3-7-29(8-4-23)47-11-9-46-10-12-48-31(43)20-35-17-24-13-25(18-35)15-26(14-24)19-35/h3-8,16,24-26H,9-15,17-20,22H2,1-2H3. The van der Waals surface area contributed by atoms with Crippen molar-refractivity contribution in [3.63, 3.8) is 0 Å². The van der Waals surface area contributed by atoms with E-state index >= 15 is 0 Å². The summed E-state index contributed by atoms with van der Waals surface area (Å²) in [7, 11) is 0. The first-order valence-corrected chi connectivity index (χ1v) is 16.5. The molecule has 48 heavy (non-hydrogen) atoms. The zero-order valence-electron chi connectivity index (χ0n) is 27.2. The van der Waals surface area contributed by atoms with Crippen LogP contribution in [0.3, 0.4) is 0 Å². The second-order valence-electron chi connectivity index (χ2n) is 14.3. The zero-order valence-corrected chi connectivity index (χ0v) is 27.2. The van der Waals surface area contributed by atoms with E-state index in [1.807, 2.05) is 0 Å². The number of carbonyl (C=O) groups excluding carboxylic acids is 3. The molecular weight excluding hydrogens is 627 g/mol. The van der Waals surface area contributed by atoms with Crippen LogP contribution in [0.1, 0.15) is 75.5 Å². The lowest BCUT2D eigenvalue weighted by Crippen LogP contribution is -2.47. The smallest absolute Gasteiger partial charge is 0.417 e. The van der Waals surface area contributed by atoms with Gasteiger partial charge in [0.15, 0.2) is 0 Å². The van der Waals surface area contributed by atoms with E-state index in [9.17, 15) is 27.6 Å². The maximum atomic E-state index is 13.5. The molecule has 0 aromatic heterocycles. The minimum atomic E-state index is -4.83. The van der Waals surface area contributed by atoms with Crippen LogP contribution in [0.4, 0.5) is 23.7 Å². The summed E-state index contributed by atoms with van der Waals surface area (Å²) < 4.78 is 57.4. The first-order chi connectivity index (χ1) is 22.8. The predicted octanol–water partition coefficient (Wildman–Crippen LogP) is 6.87. The summed E-state index contributed by atoms with van der Waals surface area (Å²) in [5, 5.41) is 9.09. The molecule has 0 spiro atoms. The van der Waals surface area contributed by atoms with Crippen LogP contribution in [0.25, 0.3) is 0 Å². The Kier molecular flexibility index (Phi) is 9.20. The monoisotopic (exact) mass is 667 g/mol. The molecule has 0 radical (unpaired) electrons. The molecular formula is C36H40F3N3O6. The number of nitrogens with zero attached hydrogens (tertiary/aromatic N) is 3. The van der Waals surface area contributed by atoms with Crippen molar-refractivity contribution >= 4 is 23.6 Å². The number of carbonyl (C=O) groups is 3. The van der Waals surface area contributed by atoms with Gasteiger partial charge in [0.05, 0.1) is 42.5 Å². The lowest BCUT2D eigenvalue weighted by molar-refractivity contribution is -0.153. The van der Waals surface area contributed by atoms with Crippen LogP contribution in [0.15, 0.2) is 42.5 Å². The van der Waals surface area contributed by atoms with E-state index in [1.165, 1.54) is 63.3 Å². The number of anilines is 1. The third kappa shape index (κ3) is 6.88. The Morgan fingerprint density at radius 3 is 2.17 bits per heavy atom. The Balaban J connectivity index is 0.938. The number of rotatable bonds is 12. The van der Waals surface area contributed by atoms with Crippen molar-refractivity contribution in [2.24, 2.45) is 23.2 Å². The van der Waals surface area contributed by atoms with Crippen molar-refractivity contribution in [3.05, 3.63) is 59.2 Å². The van der Waals surface area contributed by atoms with Gasteiger partial charge >= 0.3 is 18.2 Å². The Morgan fingerprint density at radius 1 is 0.938 bits per heavy atom. The maximum Gasteiger partial charge on any atom is 0.417 e. The topological polar surface area (TPSA) is 109 Å². The van der Waals surface area contributed by atoms with Gasteiger partial charge in [-0.3, -0.25) is 9.59 Å². The summed E-state index contributed by atoms with van der Waals surface area (Å²) in [5.41, 5.74) is -2.57. The molecule has 9 nitrogen and oxygen atoms in total. The van der Waals surface area contributed by atoms with Crippen LogP contribution in [0, 0.1) is 34.5 Å². The van der Waals surface area contributed by atoms with E-state index in [1.54, 1.807) is 24.3 Å². The maximum absolute atomic E-state index is 13.5. The Hall–Kier alpha value is -4.11. The fourth-order valence-corrected chi connectivity index (χ4v) is 8.60. The van der Waals surface area contributed by atoms with E-state index in [-0.39, 0.29) is 43.4 Å². The van der Waals surface area contributed by atoms with Crippen molar-refractivity contribution in [3.8, 4) is 11.8 Å². The molecule has 5 fully saturated rings. The Labute approximate surface area is 277 Å². The minimum absolute atomic E-state index is 0.0292. The summed E-state index contributed by atoms with van der Waals surface area (Å²) in [6, 6.07) is 10.4. The first kappa shape index (κ1) is 33.8. The quantitative estimate of drug-likeness (QED) is 0.138. The van der Waals surface area contributed by atoms with Gasteiger partial charge < -0.3 is 19.1 Å². The molecule has 3 amide bonds. The van der Waals surface area contributed by atoms with Crippen LogP contribution in [-0.2, 0) is 31.8 Å². The van der Waals surface area contributed by atoms with Crippen molar-refractivity contribution in [2.75, 3.05) is 31.3 Å². The number of ether oxygens (including phenoxy) is 3. The number of hydrogen-bond donors (Lipinski definition) is 0. The third-order valence-corrected chi connectivity index (χ3v) is 10.4. The minimum Gasteiger partial charge on any atom is -0.491 e. The van der Waals surface area contributed by atoms with Gasteiger partial charge in [0, 0.05) is 6.54 Å². The number of hydrogen-bond acceptors (Lipinski definition) is 7. The highest BCUT2D eigenvalue weighted by Crippen LogP contribution is 2.61. The average molecular weight is 668 g/mol. The van der Waals surface area contributed by atoms with Crippen LogP contribution in [0.5, 0.6) is 5.75 Å². The normalized spacial score (nSPS) is 25.8. The lowest BCUT2D eigenvalue weighted by atomic mass is 9.49. The molecule has 4 bridgehead atoms. The van der Waals surface area contributed by atoms with Gasteiger partial charge in [-0.1, -0.05) is 12.1 Å². The molecule has 1 aliphatic heterocycles. The molecule has 0 N–H and O–H groups in total. The van der Waals surface area contributed by atoms with Gasteiger partial charge in [-0.25, -0.2) is 9.69 Å². The summed E-state index contributed by atoms with van der Waals surface area (Å²) >= 11 is 0. The van der Waals surface area contributed by atoms with Crippen molar-refractivity contribution < 1.29 is 41.8 Å². The molecule has 7 rings (SSSR count).